The Hall–Kier alpha value is -1.26. The van der Waals surface area contributed by atoms with E-state index in [0.29, 0.717) is 6.61 Å². The third-order valence-corrected chi connectivity index (χ3v) is 3.44. The molecule has 0 radical (unpaired) electrons. The molecule has 120 valence electrons. The normalized spacial score (nSPS) is 11.5. The lowest BCUT2D eigenvalue weighted by molar-refractivity contribution is 0.150. The summed E-state index contributed by atoms with van der Waals surface area (Å²) in [5, 5.41) is 3.51. The number of hydrogen-bond acceptors (Lipinski definition) is 4. The first kappa shape index (κ1) is 17.8. The topological polar surface area (TPSA) is 39.7 Å². The smallest absolute Gasteiger partial charge is 0.161 e. The molecule has 0 amide bonds. The Labute approximate surface area is 128 Å². The molecule has 0 spiro atoms. The highest BCUT2D eigenvalue weighted by molar-refractivity contribution is 5.42. The van der Waals surface area contributed by atoms with Crippen LogP contribution in [0.15, 0.2) is 18.2 Å². The highest BCUT2D eigenvalue weighted by atomic mass is 16.5. The van der Waals surface area contributed by atoms with Crippen molar-refractivity contribution in [3.05, 3.63) is 23.8 Å². The van der Waals surface area contributed by atoms with Crippen LogP contribution in [-0.2, 0) is 11.3 Å². The average molecular weight is 295 g/mol. The average Bonchev–Trinajstić information content (AvgIpc) is 2.46. The van der Waals surface area contributed by atoms with Gasteiger partial charge in [0, 0.05) is 26.8 Å². The van der Waals surface area contributed by atoms with Crippen LogP contribution < -0.4 is 14.8 Å². The zero-order valence-electron chi connectivity index (χ0n) is 14.0. The summed E-state index contributed by atoms with van der Waals surface area (Å²) in [6.45, 7) is 9.68. The molecule has 0 aliphatic heterocycles. The van der Waals surface area contributed by atoms with Gasteiger partial charge in [0.15, 0.2) is 11.5 Å². The molecule has 0 bridgehead atoms. The van der Waals surface area contributed by atoms with Crippen LogP contribution in [0.5, 0.6) is 11.5 Å². The van der Waals surface area contributed by atoms with Gasteiger partial charge in [-0.2, -0.15) is 0 Å². The van der Waals surface area contributed by atoms with E-state index in [1.807, 2.05) is 19.1 Å². The van der Waals surface area contributed by atoms with Gasteiger partial charge in [-0.1, -0.05) is 19.9 Å². The first-order valence-corrected chi connectivity index (χ1v) is 7.52. The van der Waals surface area contributed by atoms with Gasteiger partial charge in [-0.3, -0.25) is 0 Å². The summed E-state index contributed by atoms with van der Waals surface area (Å²) in [5.74, 6) is 1.58. The molecule has 0 aliphatic rings. The van der Waals surface area contributed by atoms with E-state index in [9.17, 15) is 0 Å². The fourth-order valence-corrected chi connectivity index (χ4v) is 2.11. The molecule has 0 unspecified atom stereocenters. The lowest BCUT2D eigenvalue weighted by Crippen LogP contribution is -2.30. The monoisotopic (exact) mass is 295 g/mol. The fourth-order valence-electron chi connectivity index (χ4n) is 2.11. The zero-order valence-corrected chi connectivity index (χ0v) is 14.0. The van der Waals surface area contributed by atoms with E-state index < -0.39 is 0 Å². The molecule has 1 aromatic carbocycles. The summed E-state index contributed by atoms with van der Waals surface area (Å²) in [6.07, 6.45) is 1.04. The molecular weight excluding hydrogens is 266 g/mol. The Balaban J connectivity index is 2.53. The van der Waals surface area contributed by atoms with E-state index >= 15 is 0 Å². The predicted octanol–water partition coefficient (Wildman–Crippen LogP) is 3.25. The Morgan fingerprint density at radius 3 is 2.52 bits per heavy atom. The van der Waals surface area contributed by atoms with Crippen LogP contribution in [0, 0.1) is 5.41 Å². The highest BCUT2D eigenvalue weighted by Gasteiger charge is 2.16. The van der Waals surface area contributed by atoms with Gasteiger partial charge < -0.3 is 19.5 Å². The molecule has 1 N–H and O–H groups in total. The summed E-state index contributed by atoms with van der Waals surface area (Å²) >= 11 is 0. The first-order chi connectivity index (χ1) is 10.0. The summed E-state index contributed by atoms with van der Waals surface area (Å²) in [7, 11) is 3.41. The van der Waals surface area contributed by atoms with Crippen LogP contribution >= 0.6 is 0 Å². The number of benzene rings is 1. The van der Waals surface area contributed by atoms with Crippen molar-refractivity contribution in [3.8, 4) is 11.5 Å². The summed E-state index contributed by atoms with van der Waals surface area (Å²) in [6, 6.07) is 6.06. The first-order valence-electron chi connectivity index (χ1n) is 7.52. The molecule has 4 nitrogen and oxygen atoms in total. The van der Waals surface area contributed by atoms with E-state index in [-0.39, 0.29) is 5.41 Å². The van der Waals surface area contributed by atoms with Gasteiger partial charge in [-0.05, 0) is 36.5 Å². The quantitative estimate of drug-likeness (QED) is 0.719. The molecule has 4 heteroatoms. The third kappa shape index (κ3) is 6.36. The minimum atomic E-state index is 0.227. The van der Waals surface area contributed by atoms with E-state index in [1.54, 1.807) is 14.2 Å². The molecule has 0 atom stereocenters. The lowest BCUT2D eigenvalue weighted by Gasteiger charge is -2.24. The summed E-state index contributed by atoms with van der Waals surface area (Å²) < 4.78 is 16.0. The van der Waals surface area contributed by atoms with Gasteiger partial charge in [0.25, 0.3) is 0 Å². The van der Waals surface area contributed by atoms with Crippen LogP contribution in [0.2, 0.25) is 0 Å². The number of methoxy groups -OCH3 is 2. The van der Waals surface area contributed by atoms with Crippen molar-refractivity contribution in [2.45, 2.75) is 33.7 Å². The van der Waals surface area contributed by atoms with Crippen LogP contribution in [0.3, 0.4) is 0 Å². The van der Waals surface area contributed by atoms with Gasteiger partial charge in [0.2, 0.25) is 0 Å². The number of nitrogens with one attached hydrogen (secondary N) is 1. The van der Waals surface area contributed by atoms with Gasteiger partial charge in [0.1, 0.15) is 0 Å². The molecule has 0 aromatic heterocycles. The van der Waals surface area contributed by atoms with Crippen molar-refractivity contribution in [3.63, 3.8) is 0 Å². The molecule has 0 saturated carbocycles. The Morgan fingerprint density at radius 1 is 1.14 bits per heavy atom. The van der Waals surface area contributed by atoms with Crippen molar-refractivity contribution in [2.24, 2.45) is 5.41 Å². The molecule has 1 aromatic rings. The lowest BCUT2D eigenvalue weighted by atomic mass is 9.89. The number of ether oxygens (including phenoxy) is 3. The Kier molecular flexibility index (Phi) is 7.54. The number of hydrogen-bond donors (Lipinski definition) is 1. The van der Waals surface area contributed by atoms with Crippen LogP contribution in [-0.4, -0.2) is 34.0 Å². The molecule has 0 heterocycles. The van der Waals surface area contributed by atoms with Crippen molar-refractivity contribution >= 4 is 0 Å². The van der Waals surface area contributed by atoms with Gasteiger partial charge in [-0.25, -0.2) is 0 Å². The summed E-state index contributed by atoms with van der Waals surface area (Å²) in [5.41, 5.74) is 1.42. The van der Waals surface area contributed by atoms with Crippen molar-refractivity contribution in [1.82, 2.24) is 5.32 Å². The largest absolute Gasteiger partial charge is 0.493 e. The molecule has 21 heavy (non-hydrogen) atoms. The second-order valence-electron chi connectivity index (χ2n) is 5.93. The molecular formula is C17H29NO3. The fraction of sp³-hybridized carbons (Fsp3) is 0.647. The van der Waals surface area contributed by atoms with Gasteiger partial charge in [0.05, 0.1) is 13.7 Å². The SMILES string of the molecule is CCOc1cc(CNCC(C)(C)CCOC)ccc1OC. The molecule has 0 saturated heterocycles. The Bertz CT molecular complexity index is 418. The van der Waals surface area contributed by atoms with Crippen LogP contribution in [0.4, 0.5) is 0 Å². The molecule has 1 rings (SSSR count). The van der Waals surface area contributed by atoms with E-state index in [0.717, 1.165) is 37.6 Å². The second kappa shape index (κ2) is 8.90. The minimum absolute atomic E-state index is 0.227. The van der Waals surface area contributed by atoms with E-state index in [1.165, 1.54) is 5.56 Å². The third-order valence-electron chi connectivity index (χ3n) is 3.44. The standard InChI is InChI=1S/C17H29NO3/c1-6-21-16-11-14(7-8-15(16)20-5)12-18-13-17(2,3)9-10-19-4/h7-8,11,18H,6,9-10,12-13H2,1-5H3. The second-order valence-corrected chi connectivity index (χ2v) is 5.93. The predicted molar refractivity (Wildman–Crippen MR) is 86.1 cm³/mol. The van der Waals surface area contributed by atoms with Crippen LogP contribution in [0.25, 0.3) is 0 Å². The van der Waals surface area contributed by atoms with Gasteiger partial charge >= 0.3 is 0 Å². The maximum absolute atomic E-state index is 5.60. The van der Waals surface area contributed by atoms with E-state index in [2.05, 4.69) is 25.2 Å². The molecule has 0 aliphatic carbocycles. The van der Waals surface area contributed by atoms with Crippen molar-refractivity contribution < 1.29 is 14.2 Å². The Morgan fingerprint density at radius 2 is 1.90 bits per heavy atom. The maximum Gasteiger partial charge on any atom is 0.161 e. The minimum Gasteiger partial charge on any atom is -0.493 e. The highest BCUT2D eigenvalue weighted by Crippen LogP contribution is 2.28. The zero-order chi connectivity index (χ0) is 15.7. The molecule has 0 fully saturated rings. The van der Waals surface area contributed by atoms with E-state index in [4.69, 9.17) is 14.2 Å². The number of rotatable bonds is 10. The van der Waals surface area contributed by atoms with Crippen LogP contribution in [0.1, 0.15) is 32.8 Å². The van der Waals surface area contributed by atoms with Crippen molar-refractivity contribution in [1.29, 1.82) is 0 Å². The maximum atomic E-state index is 5.60. The summed E-state index contributed by atoms with van der Waals surface area (Å²) in [4.78, 5) is 0. The van der Waals surface area contributed by atoms with Gasteiger partial charge in [-0.15, -0.1) is 0 Å². The van der Waals surface area contributed by atoms with Crippen molar-refractivity contribution in [2.75, 3.05) is 34.0 Å².